The van der Waals surface area contributed by atoms with Crippen molar-refractivity contribution < 1.29 is 28.2 Å². The molecule has 1 heterocycles. The number of aliphatic carboxylic acids is 1. The summed E-state index contributed by atoms with van der Waals surface area (Å²) >= 11 is 7.33. The molecule has 0 aliphatic carbocycles. The van der Waals surface area contributed by atoms with Crippen molar-refractivity contribution in [2.45, 2.75) is 19.4 Å². The van der Waals surface area contributed by atoms with Gasteiger partial charge in [-0.25, -0.2) is 4.39 Å². The van der Waals surface area contributed by atoms with Crippen molar-refractivity contribution in [3.8, 4) is 21.9 Å². The number of carboxylic acids is 1. The van der Waals surface area contributed by atoms with Crippen LogP contribution in [-0.2, 0) is 17.8 Å². The molecule has 0 fully saturated rings. The summed E-state index contributed by atoms with van der Waals surface area (Å²) in [7, 11) is 1.57. The number of nitrogens with zero attached hydrogens (tertiary/aromatic N) is 1. The fourth-order valence-electron chi connectivity index (χ4n) is 2.65. The minimum absolute atomic E-state index is 0.0218. The second-order valence-electron chi connectivity index (χ2n) is 6.04. The first kappa shape index (κ1) is 21.0. The van der Waals surface area contributed by atoms with Gasteiger partial charge in [0.15, 0.2) is 11.6 Å². The summed E-state index contributed by atoms with van der Waals surface area (Å²) in [6.07, 6.45) is -0.405. The second kappa shape index (κ2) is 9.19. The molecule has 0 amide bonds. The number of hydrogen-bond acceptors (Lipinski definition) is 5. The molecule has 1 N–H and O–H groups in total. The zero-order valence-corrected chi connectivity index (χ0v) is 16.8. The number of aryl methyl sites for hydroxylation is 1. The molecule has 0 atom stereocenters. The minimum Gasteiger partial charge on any atom is -0.497 e. The van der Waals surface area contributed by atoms with E-state index in [1.807, 2.05) is 12.1 Å². The Labute approximate surface area is 174 Å². The van der Waals surface area contributed by atoms with E-state index in [1.165, 1.54) is 23.7 Å². The quantitative estimate of drug-likeness (QED) is 0.512. The van der Waals surface area contributed by atoms with Gasteiger partial charge in [0, 0.05) is 12.0 Å². The number of carbonyl (C=O) groups is 1. The molecule has 0 aliphatic heterocycles. The van der Waals surface area contributed by atoms with Crippen LogP contribution in [0.3, 0.4) is 0 Å². The van der Waals surface area contributed by atoms with E-state index in [0.717, 1.165) is 10.4 Å². The fraction of sp³-hybridized carbons (Fsp3) is 0.200. The lowest BCUT2D eigenvalue weighted by molar-refractivity contribution is -0.136. The van der Waals surface area contributed by atoms with Crippen molar-refractivity contribution in [2.75, 3.05) is 7.11 Å². The molecule has 0 bridgehead atoms. The van der Waals surface area contributed by atoms with E-state index in [1.54, 1.807) is 19.2 Å². The Kier molecular flexibility index (Phi) is 6.66. The molecule has 3 aromatic rings. The molecule has 0 saturated heterocycles. The normalized spacial score (nSPS) is 10.8. The molecular formula is C20H16ClF2NO4S. The summed E-state index contributed by atoms with van der Waals surface area (Å²) < 4.78 is 43.2. The van der Waals surface area contributed by atoms with Crippen LogP contribution in [0.2, 0.25) is 5.15 Å². The van der Waals surface area contributed by atoms with Crippen LogP contribution in [0.4, 0.5) is 8.78 Å². The van der Waals surface area contributed by atoms with Gasteiger partial charge < -0.3 is 14.6 Å². The van der Waals surface area contributed by atoms with E-state index < -0.39 is 17.6 Å². The number of methoxy groups -OCH3 is 1. The topological polar surface area (TPSA) is 68.7 Å². The third-order valence-electron chi connectivity index (χ3n) is 4.20. The van der Waals surface area contributed by atoms with Crippen LogP contribution < -0.4 is 9.47 Å². The van der Waals surface area contributed by atoms with E-state index in [0.29, 0.717) is 11.3 Å². The van der Waals surface area contributed by atoms with Crippen molar-refractivity contribution >= 4 is 29.1 Å². The molecular weight excluding hydrogens is 424 g/mol. The number of hydrogen-bond donors (Lipinski definition) is 1. The maximum absolute atomic E-state index is 14.3. The van der Waals surface area contributed by atoms with Crippen LogP contribution in [0.1, 0.15) is 17.5 Å². The lowest BCUT2D eigenvalue weighted by Gasteiger charge is -2.11. The summed E-state index contributed by atoms with van der Waals surface area (Å²) in [5.74, 6) is -2.96. The lowest BCUT2D eigenvalue weighted by atomic mass is 10.1. The van der Waals surface area contributed by atoms with Crippen LogP contribution in [-0.4, -0.2) is 22.6 Å². The molecule has 0 radical (unpaired) electrons. The van der Waals surface area contributed by atoms with Gasteiger partial charge in [0.05, 0.1) is 12.0 Å². The molecule has 3 rings (SSSR count). The Morgan fingerprint density at radius 3 is 2.55 bits per heavy atom. The van der Waals surface area contributed by atoms with E-state index in [2.05, 4.69) is 4.37 Å². The fourth-order valence-corrected chi connectivity index (χ4v) is 3.75. The average molecular weight is 440 g/mol. The van der Waals surface area contributed by atoms with Crippen molar-refractivity contribution in [2.24, 2.45) is 0 Å². The van der Waals surface area contributed by atoms with Crippen molar-refractivity contribution in [1.82, 2.24) is 4.37 Å². The molecule has 29 heavy (non-hydrogen) atoms. The highest BCUT2D eigenvalue weighted by Crippen LogP contribution is 2.35. The first-order valence-corrected chi connectivity index (χ1v) is 9.65. The molecule has 0 unspecified atom stereocenters. The standard InChI is InChI=1S/C20H16ClF2NO4S/c1-27-13-6-2-12(3-7-13)19-14(20(21)24-29-19)10-28-15-8-4-11(5-9-16(25)26)17(22)18(15)23/h2-4,6-8H,5,9-10H2,1H3,(H,25,26). The largest absolute Gasteiger partial charge is 0.497 e. The highest BCUT2D eigenvalue weighted by atomic mass is 35.5. The number of ether oxygens (including phenoxy) is 2. The van der Waals surface area contributed by atoms with Gasteiger partial charge in [-0.1, -0.05) is 17.7 Å². The summed E-state index contributed by atoms with van der Waals surface area (Å²) in [4.78, 5) is 11.4. The Hall–Kier alpha value is -2.71. The Morgan fingerprint density at radius 1 is 1.17 bits per heavy atom. The van der Waals surface area contributed by atoms with Gasteiger partial charge in [0.2, 0.25) is 5.82 Å². The van der Waals surface area contributed by atoms with Crippen LogP contribution >= 0.6 is 23.1 Å². The molecule has 0 aliphatic rings. The predicted molar refractivity (Wildman–Crippen MR) is 106 cm³/mol. The highest BCUT2D eigenvalue weighted by Gasteiger charge is 2.19. The van der Waals surface area contributed by atoms with Crippen molar-refractivity contribution in [1.29, 1.82) is 0 Å². The molecule has 5 nitrogen and oxygen atoms in total. The van der Waals surface area contributed by atoms with Gasteiger partial charge in [0.1, 0.15) is 17.5 Å². The number of rotatable bonds is 8. The number of aromatic nitrogens is 1. The van der Waals surface area contributed by atoms with E-state index >= 15 is 0 Å². The number of halogens is 3. The smallest absolute Gasteiger partial charge is 0.303 e. The summed E-state index contributed by atoms with van der Waals surface area (Å²) in [6.45, 7) is -0.110. The molecule has 152 valence electrons. The number of carboxylic acid groups (broad SMARTS) is 1. The molecule has 2 aromatic carbocycles. The first-order valence-electron chi connectivity index (χ1n) is 8.50. The van der Waals surface area contributed by atoms with E-state index in [9.17, 15) is 13.6 Å². The predicted octanol–water partition coefficient (Wildman–Crippen LogP) is 5.35. The van der Waals surface area contributed by atoms with Gasteiger partial charge >= 0.3 is 5.97 Å². The maximum Gasteiger partial charge on any atom is 0.303 e. The highest BCUT2D eigenvalue weighted by molar-refractivity contribution is 7.10. The maximum atomic E-state index is 14.3. The van der Waals surface area contributed by atoms with Crippen molar-refractivity contribution in [3.63, 3.8) is 0 Å². The van der Waals surface area contributed by atoms with Crippen molar-refractivity contribution in [3.05, 3.63) is 64.3 Å². The second-order valence-corrected chi connectivity index (χ2v) is 7.17. The van der Waals surface area contributed by atoms with E-state index in [-0.39, 0.29) is 35.9 Å². The molecule has 0 saturated carbocycles. The SMILES string of the molecule is COc1ccc(-c2snc(Cl)c2COc2ccc(CCC(=O)O)c(F)c2F)cc1. The number of benzene rings is 2. The van der Waals surface area contributed by atoms with Gasteiger partial charge in [-0.05, 0) is 59.4 Å². The Morgan fingerprint density at radius 2 is 1.90 bits per heavy atom. The Bertz CT molecular complexity index is 1020. The minimum atomic E-state index is -1.17. The van der Waals surface area contributed by atoms with Gasteiger partial charge in [-0.3, -0.25) is 4.79 Å². The molecule has 9 heteroatoms. The zero-order chi connectivity index (χ0) is 21.0. The van der Waals surface area contributed by atoms with Crippen LogP contribution in [0, 0.1) is 11.6 Å². The van der Waals surface area contributed by atoms with Gasteiger partial charge in [0.25, 0.3) is 0 Å². The summed E-state index contributed by atoms with van der Waals surface area (Å²) in [5, 5.41) is 8.91. The molecule has 0 spiro atoms. The third kappa shape index (κ3) is 4.83. The Balaban J connectivity index is 1.79. The van der Waals surface area contributed by atoms with Crippen LogP contribution in [0.15, 0.2) is 36.4 Å². The lowest BCUT2D eigenvalue weighted by Crippen LogP contribution is -2.04. The van der Waals surface area contributed by atoms with Gasteiger partial charge in [-0.2, -0.15) is 8.76 Å². The van der Waals surface area contributed by atoms with Gasteiger partial charge in [-0.15, -0.1) is 0 Å². The van der Waals surface area contributed by atoms with E-state index in [4.69, 9.17) is 26.2 Å². The summed E-state index contributed by atoms with van der Waals surface area (Å²) in [5.41, 5.74) is 1.37. The average Bonchev–Trinajstić information content (AvgIpc) is 3.08. The first-order chi connectivity index (χ1) is 13.9. The third-order valence-corrected chi connectivity index (χ3v) is 5.55. The monoisotopic (exact) mass is 439 g/mol. The van der Waals surface area contributed by atoms with Crippen LogP contribution in [0.5, 0.6) is 11.5 Å². The zero-order valence-electron chi connectivity index (χ0n) is 15.2. The molecule has 1 aromatic heterocycles. The summed E-state index contributed by atoms with van der Waals surface area (Å²) in [6, 6.07) is 9.84. The van der Waals surface area contributed by atoms with Crippen LogP contribution in [0.25, 0.3) is 10.4 Å².